The SMILES string of the molecule is CC(Cc1ccco1)NC(=O)Nc1cn[nH]c1. The molecule has 2 heterocycles. The lowest BCUT2D eigenvalue weighted by Gasteiger charge is -2.12. The summed E-state index contributed by atoms with van der Waals surface area (Å²) in [6, 6.07) is 3.44. The van der Waals surface area contributed by atoms with Crippen LogP contribution in [0.15, 0.2) is 35.2 Å². The lowest BCUT2D eigenvalue weighted by molar-refractivity contribution is 0.248. The van der Waals surface area contributed by atoms with Crippen molar-refractivity contribution >= 4 is 11.7 Å². The van der Waals surface area contributed by atoms with Crippen molar-refractivity contribution in [2.75, 3.05) is 5.32 Å². The third kappa shape index (κ3) is 3.37. The Kier molecular flexibility index (Phi) is 3.44. The number of carbonyl (C=O) groups excluding carboxylic acids is 1. The zero-order valence-electron chi connectivity index (χ0n) is 9.43. The fourth-order valence-electron chi connectivity index (χ4n) is 1.49. The Morgan fingerprint density at radius 3 is 3.18 bits per heavy atom. The average Bonchev–Trinajstić information content (AvgIpc) is 2.90. The van der Waals surface area contributed by atoms with Gasteiger partial charge in [0, 0.05) is 18.7 Å². The van der Waals surface area contributed by atoms with Gasteiger partial charge in [-0.25, -0.2) is 4.79 Å². The smallest absolute Gasteiger partial charge is 0.319 e. The summed E-state index contributed by atoms with van der Waals surface area (Å²) in [7, 11) is 0. The summed E-state index contributed by atoms with van der Waals surface area (Å²) in [6.45, 7) is 1.91. The standard InChI is InChI=1S/C11H14N4O2/c1-8(5-10-3-2-4-17-10)14-11(16)15-9-6-12-13-7-9/h2-4,6-8H,5H2,1H3,(H,12,13)(H2,14,15,16). The Morgan fingerprint density at radius 2 is 2.53 bits per heavy atom. The van der Waals surface area contributed by atoms with Crippen molar-refractivity contribution in [2.24, 2.45) is 0 Å². The molecule has 0 aliphatic rings. The van der Waals surface area contributed by atoms with Crippen LogP contribution >= 0.6 is 0 Å². The van der Waals surface area contributed by atoms with Crippen molar-refractivity contribution in [3.8, 4) is 0 Å². The first kappa shape index (κ1) is 11.3. The normalized spacial score (nSPS) is 12.1. The molecule has 0 bridgehead atoms. The van der Waals surface area contributed by atoms with E-state index in [1.807, 2.05) is 19.1 Å². The molecule has 2 aromatic heterocycles. The van der Waals surface area contributed by atoms with Crippen molar-refractivity contribution in [3.63, 3.8) is 0 Å². The number of amides is 2. The molecule has 1 unspecified atom stereocenters. The molecule has 1 atom stereocenters. The van der Waals surface area contributed by atoms with Crippen LogP contribution in [-0.2, 0) is 6.42 Å². The van der Waals surface area contributed by atoms with E-state index in [2.05, 4.69) is 20.8 Å². The van der Waals surface area contributed by atoms with Crippen LogP contribution in [0, 0.1) is 0 Å². The Bertz CT molecular complexity index is 450. The molecule has 17 heavy (non-hydrogen) atoms. The number of H-pyrrole nitrogens is 1. The van der Waals surface area contributed by atoms with Crippen LogP contribution in [0.2, 0.25) is 0 Å². The monoisotopic (exact) mass is 234 g/mol. The summed E-state index contributed by atoms with van der Waals surface area (Å²) >= 11 is 0. The Labute approximate surface area is 98.4 Å². The summed E-state index contributed by atoms with van der Waals surface area (Å²) in [5.41, 5.74) is 0.632. The topological polar surface area (TPSA) is 82.9 Å². The molecular weight excluding hydrogens is 220 g/mol. The molecule has 0 spiro atoms. The third-order valence-electron chi connectivity index (χ3n) is 2.22. The van der Waals surface area contributed by atoms with Gasteiger partial charge in [-0.1, -0.05) is 0 Å². The lowest BCUT2D eigenvalue weighted by atomic mass is 10.2. The first-order valence-corrected chi connectivity index (χ1v) is 5.32. The Balaban J connectivity index is 1.78. The number of anilines is 1. The second-order valence-corrected chi connectivity index (χ2v) is 3.77. The van der Waals surface area contributed by atoms with Gasteiger partial charge in [0.1, 0.15) is 5.76 Å². The number of aromatic amines is 1. The van der Waals surface area contributed by atoms with E-state index in [0.29, 0.717) is 12.1 Å². The van der Waals surface area contributed by atoms with Crippen molar-refractivity contribution in [1.29, 1.82) is 0 Å². The predicted octanol–water partition coefficient (Wildman–Crippen LogP) is 1.76. The Hall–Kier alpha value is -2.24. The third-order valence-corrected chi connectivity index (χ3v) is 2.22. The first-order valence-electron chi connectivity index (χ1n) is 5.32. The number of nitrogens with zero attached hydrogens (tertiary/aromatic N) is 1. The molecule has 2 rings (SSSR count). The number of hydrogen-bond acceptors (Lipinski definition) is 3. The lowest BCUT2D eigenvalue weighted by Crippen LogP contribution is -2.37. The number of rotatable bonds is 4. The minimum Gasteiger partial charge on any atom is -0.469 e. The second-order valence-electron chi connectivity index (χ2n) is 3.77. The van der Waals surface area contributed by atoms with E-state index in [9.17, 15) is 4.79 Å². The minimum absolute atomic E-state index is 0.00643. The maximum Gasteiger partial charge on any atom is 0.319 e. The van der Waals surface area contributed by atoms with Crippen LogP contribution < -0.4 is 10.6 Å². The summed E-state index contributed by atoms with van der Waals surface area (Å²) in [6.07, 6.45) is 5.42. The molecule has 6 heteroatoms. The van der Waals surface area contributed by atoms with Crippen molar-refractivity contribution in [2.45, 2.75) is 19.4 Å². The maximum atomic E-state index is 11.6. The van der Waals surface area contributed by atoms with Crippen LogP contribution in [0.5, 0.6) is 0 Å². The molecule has 0 aromatic carbocycles. The molecule has 0 fully saturated rings. The molecule has 2 aromatic rings. The molecule has 0 aliphatic heterocycles. The van der Waals surface area contributed by atoms with Gasteiger partial charge >= 0.3 is 6.03 Å². The minimum atomic E-state index is -0.259. The fourth-order valence-corrected chi connectivity index (χ4v) is 1.49. The van der Waals surface area contributed by atoms with E-state index in [1.54, 1.807) is 12.5 Å². The highest BCUT2D eigenvalue weighted by atomic mass is 16.3. The zero-order valence-corrected chi connectivity index (χ0v) is 9.43. The molecule has 0 radical (unpaired) electrons. The van der Waals surface area contributed by atoms with Gasteiger partial charge in [-0.2, -0.15) is 5.10 Å². The van der Waals surface area contributed by atoms with Crippen molar-refractivity contribution in [1.82, 2.24) is 15.5 Å². The van der Waals surface area contributed by atoms with E-state index >= 15 is 0 Å². The van der Waals surface area contributed by atoms with E-state index in [-0.39, 0.29) is 12.1 Å². The number of aromatic nitrogens is 2. The van der Waals surface area contributed by atoms with Crippen LogP contribution in [-0.4, -0.2) is 22.3 Å². The van der Waals surface area contributed by atoms with Crippen LogP contribution in [0.4, 0.5) is 10.5 Å². The highest BCUT2D eigenvalue weighted by Crippen LogP contribution is 2.05. The van der Waals surface area contributed by atoms with Gasteiger partial charge in [0.05, 0.1) is 18.1 Å². The molecule has 0 saturated heterocycles. The zero-order chi connectivity index (χ0) is 12.1. The van der Waals surface area contributed by atoms with Crippen LogP contribution in [0.25, 0.3) is 0 Å². The van der Waals surface area contributed by atoms with Gasteiger partial charge in [0.25, 0.3) is 0 Å². The Morgan fingerprint density at radius 1 is 1.65 bits per heavy atom. The molecule has 2 amide bonds. The summed E-state index contributed by atoms with van der Waals surface area (Å²) in [4.78, 5) is 11.6. The van der Waals surface area contributed by atoms with Gasteiger partial charge < -0.3 is 15.1 Å². The maximum absolute atomic E-state index is 11.6. The number of carbonyl (C=O) groups is 1. The first-order chi connectivity index (χ1) is 8.24. The average molecular weight is 234 g/mol. The number of nitrogens with one attached hydrogen (secondary N) is 3. The van der Waals surface area contributed by atoms with Crippen molar-refractivity contribution in [3.05, 3.63) is 36.5 Å². The van der Waals surface area contributed by atoms with Gasteiger partial charge in [-0.15, -0.1) is 0 Å². The highest BCUT2D eigenvalue weighted by Gasteiger charge is 2.09. The van der Waals surface area contributed by atoms with E-state index in [0.717, 1.165) is 5.76 Å². The highest BCUT2D eigenvalue weighted by molar-refractivity contribution is 5.89. The fraction of sp³-hybridized carbons (Fsp3) is 0.273. The van der Waals surface area contributed by atoms with Gasteiger partial charge in [0.2, 0.25) is 0 Å². The van der Waals surface area contributed by atoms with E-state index in [4.69, 9.17) is 4.42 Å². The predicted molar refractivity (Wildman–Crippen MR) is 62.6 cm³/mol. The van der Waals surface area contributed by atoms with Crippen LogP contribution in [0.1, 0.15) is 12.7 Å². The molecule has 3 N–H and O–H groups in total. The van der Waals surface area contributed by atoms with Gasteiger partial charge in [0.15, 0.2) is 0 Å². The summed E-state index contributed by atoms with van der Waals surface area (Å²) in [5, 5.41) is 11.8. The van der Waals surface area contributed by atoms with Gasteiger partial charge in [-0.05, 0) is 19.1 Å². The number of hydrogen-bond donors (Lipinski definition) is 3. The van der Waals surface area contributed by atoms with Crippen LogP contribution in [0.3, 0.4) is 0 Å². The second kappa shape index (κ2) is 5.20. The molecule has 6 nitrogen and oxygen atoms in total. The molecular formula is C11H14N4O2. The molecule has 0 saturated carbocycles. The summed E-state index contributed by atoms with van der Waals surface area (Å²) in [5.74, 6) is 0.848. The van der Waals surface area contributed by atoms with E-state index < -0.39 is 0 Å². The largest absolute Gasteiger partial charge is 0.469 e. The quantitative estimate of drug-likeness (QED) is 0.753. The van der Waals surface area contributed by atoms with Gasteiger partial charge in [-0.3, -0.25) is 5.10 Å². The number of urea groups is 1. The van der Waals surface area contributed by atoms with E-state index in [1.165, 1.54) is 6.20 Å². The summed E-state index contributed by atoms with van der Waals surface area (Å²) < 4.78 is 5.20. The molecule has 0 aliphatic carbocycles. The van der Waals surface area contributed by atoms with Crippen molar-refractivity contribution < 1.29 is 9.21 Å². The number of furan rings is 1. The molecule has 90 valence electrons.